The second-order valence-corrected chi connectivity index (χ2v) is 8.07. The average Bonchev–Trinajstić information content (AvgIpc) is 2.97. The van der Waals surface area contributed by atoms with Gasteiger partial charge in [0, 0.05) is 29.9 Å². The number of ketones is 1. The maximum Gasteiger partial charge on any atom is 0.310 e. The highest BCUT2D eigenvalue weighted by molar-refractivity contribution is 5.94. The van der Waals surface area contributed by atoms with Gasteiger partial charge in [0.1, 0.15) is 0 Å². The topological polar surface area (TPSA) is 74.3 Å². The molecule has 0 bridgehead atoms. The molecule has 7 nitrogen and oxygen atoms in total. The van der Waals surface area contributed by atoms with Crippen molar-refractivity contribution < 1.29 is 28.5 Å². The molecule has 0 aromatic heterocycles. The van der Waals surface area contributed by atoms with E-state index in [1.165, 1.54) is 21.3 Å². The van der Waals surface area contributed by atoms with Gasteiger partial charge in [-0.15, -0.1) is 0 Å². The minimum absolute atomic E-state index is 0.0304. The van der Waals surface area contributed by atoms with E-state index in [1.807, 2.05) is 30.1 Å². The number of nitrogens with zero attached hydrogens (tertiary/aromatic N) is 1. The van der Waals surface area contributed by atoms with Gasteiger partial charge in [0.15, 0.2) is 23.9 Å². The van der Waals surface area contributed by atoms with Crippen LogP contribution in [0.5, 0.6) is 17.2 Å². The van der Waals surface area contributed by atoms with Crippen LogP contribution in [0.15, 0.2) is 48.2 Å². The van der Waals surface area contributed by atoms with E-state index >= 15 is 0 Å². The third-order valence-electron chi connectivity index (χ3n) is 5.69. The van der Waals surface area contributed by atoms with E-state index in [0.29, 0.717) is 22.8 Å². The Hall–Kier alpha value is -3.48. The van der Waals surface area contributed by atoms with Crippen LogP contribution in [-0.4, -0.2) is 46.7 Å². The number of likely N-dealkylation sites (N-methyl/N-ethyl adjacent to an activating group) is 1. The molecular weight excluding hydrogens is 410 g/mol. The van der Waals surface area contributed by atoms with Gasteiger partial charge in [-0.2, -0.15) is 0 Å². The smallest absolute Gasteiger partial charge is 0.310 e. The van der Waals surface area contributed by atoms with Gasteiger partial charge in [-0.25, -0.2) is 0 Å². The first-order chi connectivity index (χ1) is 15.2. The number of benzene rings is 2. The molecule has 0 saturated carbocycles. The van der Waals surface area contributed by atoms with Gasteiger partial charge < -0.3 is 23.8 Å². The van der Waals surface area contributed by atoms with Gasteiger partial charge in [0.2, 0.25) is 5.75 Å². The first-order valence-corrected chi connectivity index (χ1v) is 10.3. The molecule has 170 valence electrons. The van der Waals surface area contributed by atoms with E-state index in [1.54, 1.807) is 18.2 Å². The summed E-state index contributed by atoms with van der Waals surface area (Å²) in [6, 6.07) is 11.4. The largest absolute Gasteiger partial charge is 0.493 e. The Kier molecular flexibility index (Phi) is 6.77. The van der Waals surface area contributed by atoms with Crippen molar-refractivity contribution in [2.24, 2.45) is 0 Å². The Balaban J connectivity index is 1.67. The number of anilines is 1. The predicted molar refractivity (Wildman–Crippen MR) is 122 cm³/mol. The highest BCUT2D eigenvalue weighted by Crippen LogP contribution is 2.46. The molecule has 32 heavy (non-hydrogen) atoms. The summed E-state index contributed by atoms with van der Waals surface area (Å²) in [6.45, 7) is 3.82. The lowest BCUT2D eigenvalue weighted by atomic mass is 9.83. The van der Waals surface area contributed by atoms with Crippen LogP contribution in [0, 0.1) is 0 Å². The van der Waals surface area contributed by atoms with E-state index in [-0.39, 0.29) is 24.2 Å². The van der Waals surface area contributed by atoms with Crippen LogP contribution in [0.3, 0.4) is 0 Å². The van der Waals surface area contributed by atoms with Crippen molar-refractivity contribution in [2.75, 3.05) is 39.9 Å². The summed E-state index contributed by atoms with van der Waals surface area (Å²) < 4.78 is 21.1. The molecule has 0 saturated heterocycles. The Morgan fingerprint density at radius 2 is 1.62 bits per heavy atom. The second-order valence-electron chi connectivity index (χ2n) is 8.07. The van der Waals surface area contributed by atoms with Crippen molar-refractivity contribution in [3.8, 4) is 17.2 Å². The van der Waals surface area contributed by atoms with Crippen molar-refractivity contribution in [1.82, 2.24) is 0 Å². The Morgan fingerprint density at radius 1 is 1.00 bits per heavy atom. The number of rotatable bonds is 8. The van der Waals surface area contributed by atoms with E-state index < -0.39 is 5.97 Å². The highest BCUT2D eigenvalue weighted by Gasteiger charge is 2.38. The first kappa shape index (κ1) is 23.2. The number of hydrogen-bond acceptors (Lipinski definition) is 7. The normalized spacial score (nSPS) is 15.3. The molecule has 0 spiro atoms. The third kappa shape index (κ3) is 4.42. The molecule has 0 atom stereocenters. The number of ether oxygens (including phenoxy) is 4. The van der Waals surface area contributed by atoms with Crippen LogP contribution < -0.4 is 19.1 Å². The van der Waals surface area contributed by atoms with Crippen LogP contribution in [0.25, 0.3) is 0 Å². The molecule has 3 rings (SSSR count). The molecular formula is C25H29NO6. The van der Waals surface area contributed by atoms with Crippen LogP contribution in [0.2, 0.25) is 0 Å². The lowest BCUT2D eigenvalue weighted by molar-refractivity contribution is -0.146. The number of allylic oxidation sites excluding steroid dienone is 1. The Bertz CT molecular complexity index is 1030. The summed E-state index contributed by atoms with van der Waals surface area (Å²) in [6.07, 6.45) is 1.53. The fraction of sp³-hybridized carbons (Fsp3) is 0.360. The molecule has 0 radical (unpaired) electrons. The van der Waals surface area contributed by atoms with Gasteiger partial charge in [-0.3, -0.25) is 9.59 Å². The molecule has 0 N–H and O–H groups in total. The van der Waals surface area contributed by atoms with Gasteiger partial charge in [-0.05, 0) is 29.3 Å². The van der Waals surface area contributed by atoms with Crippen molar-refractivity contribution in [1.29, 1.82) is 0 Å². The fourth-order valence-corrected chi connectivity index (χ4v) is 4.06. The zero-order valence-electron chi connectivity index (χ0n) is 19.4. The standard InChI is InChI=1S/C25H29NO6/c1-25(2)18-9-7-8-10-19(18)26(3)22(25)14-17(27)15-32-23(28)13-16-11-20(29-4)24(31-6)21(12-16)30-5/h7-12,14H,13,15H2,1-6H3/b22-14+. The van der Waals surface area contributed by atoms with Crippen LogP contribution in [-0.2, 0) is 26.2 Å². The number of carbonyl (C=O) groups excluding carboxylic acids is 2. The maximum atomic E-state index is 12.6. The Labute approximate surface area is 188 Å². The minimum Gasteiger partial charge on any atom is -0.493 e. The lowest BCUT2D eigenvalue weighted by Crippen LogP contribution is -2.25. The van der Waals surface area contributed by atoms with Crippen LogP contribution >= 0.6 is 0 Å². The third-order valence-corrected chi connectivity index (χ3v) is 5.69. The van der Waals surface area contributed by atoms with E-state index in [2.05, 4.69) is 19.9 Å². The number of hydrogen-bond donors (Lipinski definition) is 0. The van der Waals surface area contributed by atoms with Crippen molar-refractivity contribution in [3.63, 3.8) is 0 Å². The van der Waals surface area contributed by atoms with Crippen molar-refractivity contribution >= 4 is 17.4 Å². The number of para-hydroxylation sites is 1. The number of esters is 1. The first-order valence-electron chi connectivity index (χ1n) is 10.3. The monoisotopic (exact) mass is 439 g/mol. The van der Waals surface area contributed by atoms with Crippen molar-refractivity contribution in [3.05, 3.63) is 59.3 Å². The molecule has 2 aromatic rings. The van der Waals surface area contributed by atoms with Gasteiger partial charge >= 0.3 is 5.97 Å². The van der Waals surface area contributed by atoms with E-state index in [0.717, 1.165) is 16.9 Å². The van der Waals surface area contributed by atoms with Crippen LogP contribution in [0.4, 0.5) is 5.69 Å². The molecule has 2 aromatic carbocycles. The summed E-state index contributed by atoms with van der Waals surface area (Å²) in [5.74, 6) is 0.542. The molecule has 1 aliphatic rings. The fourth-order valence-electron chi connectivity index (χ4n) is 4.06. The minimum atomic E-state index is -0.520. The van der Waals surface area contributed by atoms with E-state index in [4.69, 9.17) is 18.9 Å². The van der Waals surface area contributed by atoms with Gasteiger partial charge in [0.05, 0.1) is 27.8 Å². The zero-order valence-corrected chi connectivity index (χ0v) is 19.4. The van der Waals surface area contributed by atoms with Gasteiger partial charge in [0.25, 0.3) is 0 Å². The summed E-state index contributed by atoms with van der Waals surface area (Å²) in [5.41, 5.74) is 3.39. The SMILES string of the molecule is COc1cc(CC(=O)OCC(=O)/C=C2/N(C)c3ccccc3C2(C)C)cc(OC)c1OC. The number of fused-ring (bicyclic) bond motifs is 1. The van der Waals surface area contributed by atoms with E-state index in [9.17, 15) is 9.59 Å². The summed E-state index contributed by atoms with van der Waals surface area (Å²) >= 11 is 0. The quantitative estimate of drug-likeness (QED) is 0.459. The highest BCUT2D eigenvalue weighted by atomic mass is 16.5. The molecule has 7 heteroatoms. The predicted octanol–water partition coefficient (Wildman–Crippen LogP) is 3.68. The molecule has 1 heterocycles. The maximum absolute atomic E-state index is 12.6. The summed E-state index contributed by atoms with van der Waals surface area (Å²) in [5, 5.41) is 0. The molecule has 0 amide bonds. The van der Waals surface area contributed by atoms with Crippen molar-refractivity contribution in [2.45, 2.75) is 25.7 Å². The van der Waals surface area contributed by atoms with Crippen LogP contribution in [0.1, 0.15) is 25.0 Å². The Morgan fingerprint density at radius 3 is 2.19 bits per heavy atom. The molecule has 1 aliphatic heterocycles. The average molecular weight is 440 g/mol. The summed E-state index contributed by atoms with van der Waals surface area (Å²) in [7, 11) is 6.45. The molecule has 0 fully saturated rings. The molecule has 0 aliphatic carbocycles. The molecule has 0 unspecified atom stereocenters. The lowest BCUT2D eigenvalue weighted by Gasteiger charge is -2.23. The zero-order chi connectivity index (χ0) is 23.5. The summed E-state index contributed by atoms with van der Waals surface area (Å²) in [4.78, 5) is 27.0. The number of carbonyl (C=O) groups is 2. The van der Waals surface area contributed by atoms with Gasteiger partial charge in [-0.1, -0.05) is 32.0 Å². The second kappa shape index (κ2) is 9.34. The number of methoxy groups -OCH3 is 3.